The zero-order valence-electron chi connectivity index (χ0n) is 43.6. The highest BCUT2D eigenvalue weighted by atomic mass is 15.1. The summed E-state index contributed by atoms with van der Waals surface area (Å²) in [4.78, 5) is 2.47. The van der Waals surface area contributed by atoms with Crippen LogP contribution in [0, 0.1) is 0 Å². The van der Waals surface area contributed by atoms with Gasteiger partial charge in [0, 0.05) is 38.7 Å². The molecule has 15 rings (SSSR count). The molecule has 0 unspecified atom stereocenters. The minimum Gasteiger partial charge on any atom is -0.310 e. The van der Waals surface area contributed by atoms with Crippen molar-refractivity contribution >= 4 is 38.9 Å². The monoisotopic (exact) mass is 994 g/mol. The van der Waals surface area contributed by atoms with Crippen LogP contribution in [0.3, 0.4) is 0 Å². The molecule has 2 aliphatic rings. The fourth-order valence-electron chi connectivity index (χ4n) is 13.6. The molecule has 1 aromatic heterocycles. The Kier molecular flexibility index (Phi) is 10.5. The maximum Gasteiger partial charge on any atom is 0.0734 e. The number of anilines is 3. The molecule has 0 saturated heterocycles. The molecule has 2 aliphatic carbocycles. The van der Waals surface area contributed by atoms with E-state index in [1.54, 1.807) is 0 Å². The van der Waals surface area contributed by atoms with Crippen LogP contribution in [0.5, 0.6) is 0 Å². The van der Waals surface area contributed by atoms with Gasteiger partial charge in [-0.3, -0.25) is 0 Å². The Labute approximate surface area is 456 Å². The average Bonchev–Trinajstić information content (AvgIpc) is 3.56. The maximum atomic E-state index is 2.55. The van der Waals surface area contributed by atoms with Crippen molar-refractivity contribution in [3.63, 3.8) is 0 Å². The fourth-order valence-corrected chi connectivity index (χ4v) is 13.6. The van der Waals surface area contributed by atoms with Crippen LogP contribution in [0.4, 0.5) is 17.1 Å². The molecule has 13 aromatic rings. The predicted octanol–water partition coefficient (Wildman–Crippen LogP) is 19.9. The Bertz CT molecular complexity index is 4430. The summed E-state index contributed by atoms with van der Waals surface area (Å²) in [5.74, 6) is 0. The van der Waals surface area contributed by atoms with Crippen LogP contribution in [0.15, 0.2) is 291 Å². The van der Waals surface area contributed by atoms with Crippen molar-refractivity contribution in [2.45, 2.75) is 24.7 Å². The Morgan fingerprint density at radius 3 is 1.60 bits per heavy atom. The molecule has 0 amide bonds. The van der Waals surface area contributed by atoms with Crippen LogP contribution in [0.2, 0.25) is 0 Å². The van der Waals surface area contributed by atoms with Gasteiger partial charge in [-0.2, -0.15) is 0 Å². The molecular weight excluding hydrogens is 941 g/mol. The van der Waals surface area contributed by atoms with Gasteiger partial charge in [-0.05, 0) is 132 Å². The van der Waals surface area contributed by atoms with E-state index in [1.165, 1.54) is 94.3 Å². The summed E-state index contributed by atoms with van der Waals surface area (Å²) in [5, 5.41) is 2.46. The van der Waals surface area contributed by atoms with Crippen LogP contribution < -0.4 is 4.90 Å². The molecule has 78 heavy (non-hydrogen) atoms. The quantitative estimate of drug-likeness (QED) is 0.140. The second kappa shape index (κ2) is 17.9. The normalized spacial score (nSPS) is 13.5. The summed E-state index contributed by atoms with van der Waals surface area (Å²) in [6.45, 7) is 4.71. The molecule has 0 saturated carbocycles. The summed E-state index contributed by atoms with van der Waals surface area (Å²) in [5.41, 5.74) is 26.1. The van der Waals surface area contributed by atoms with E-state index in [9.17, 15) is 0 Å². The standard InChI is InChI=1S/C76H54N2/c1-75(2)67-38-16-12-35-62(67)66-50-59(44-46-68(66)75)77(58-32-21-26-53(48-58)51-23-6-3-7-24-51)70-40-18-14-33-60(70)55-27-20-25-52(47-55)54-43-45-64-63-36-15-19-41-71(63)78(73(64)49-54)72-42-22-37-65-61-34-13-17-39-69(61)76(74(65)72,56-28-8-4-9-29-56)57-30-10-5-11-31-57/h3-50H,1-2H3. The van der Waals surface area contributed by atoms with Gasteiger partial charge in [-0.15, -0.1) is 0 Å². The number of para-hydroxylation sites is 2. The molecule has 0 spiro atoms. The summed E-state index contributed by atoms with van der Waals surface area (Å²) in [6.07, 6.45) is 0. The third-order valence-corrected chi connectivity index (χ3v) is 17.1. The molecule has 0 bridgehead atoms. The highest BCUT2D eigenvalue weighted by Crippen LogP contribution is 2.59. The highest BCUT2D eigenvalue weighted by molar-refractivity contribution is 6.11. The summed E-state index contributed by atoms with van der Waals surface area (Å²) < 4.78 is 2.55. The van der Waals surface area contributed by atoms with Gasteiger partial charge in [0.15, 0.2) is 0 Å². The number of benzene rings is 12. The maximum absolute atomic E-state index is 2.55. The van der Waals surface area contributed by atoms with E-state index in [-0.39, 0.29) is 5.41 Å². The molecule has 368 valence electrons. The van der Waals surface area contributed by atoms with E-state index in [2.05, 4.69) is 315 Å². The number of hydrogen-bond acceptors (Lipinski definition) is 1. The summed E-state index contributed by atoms with van der Waals surface area (Å²) in [7, 11) is 0. The van der Waals surface area contributed by atoms with Crippen LogP contribution in [-0.4, -0.2) is 4.57 Å². The number of aromatic nitrogens is 1. The average molecular weight is 995 g/mol. The minimum absolute atomic E-state index is 0.0971. The molecule has 0 N–H and O–H groups in total. The van der Waals surface area contributed by atoms with Crippen molar-refractivity contribution in [1.82, 2.24) is 4.57 Å². The van der Waals surface area contributed by atoms with Crippen LogP contribution in [-0.2, 0) is 10.8 Å². The lowest BCUT2D eigenvalue weighted by atomic mass is 9.67. The molecule has 0 radical (unpaired) electrons. The molecule has 12 aromatic carbocycles. The van der Waals surface area contributed by atoms with E-state index in [1.807, 2.05) is 0 Å². The van der Waals surface area contributed by atoms with Gasteiger partial charge >= 0.3 is 0 Å². The lowest BCUT2D eigenvalue weighted by Gasteiger charge is -2.35. The van der Waals surface area contributed by atoms with Crippen LogP contribution in [0.1, 0.15) is 47.2 Å². The lowest BCUT2D eigenvalue weighted by molar-refractivity contribution is 0.660. The molecular formula is C76H54N2. The summed E-state index contributed by atoms with van der Waals surface area (Å²) >= 11 is 0. The first-order chi connectivity index (χ1) is 38.5. The van der Waals surface area contributed by atoms with E-state index in [4.69, 9.17) is 0 Å². The predicted molar refractivity (Wildman–Crippen MR) is 327 cm³/mol. The molecule has 2 nitrogen and oxygen atoms in total. The first kappa shape index (κ1) is 45.6. The van der Waals surface area contributed by atoms with Gasteiger partial charge in [0.05, 0.1) is 27.8 Å². The van der Waals surface area contributed by atoms with Crippen molar-refractivity contribution in [1.29, 1.82) is 0 Å². The second-order valence-electron chi connectivity index (χ2n) is 21.6. The molecule has 1 heterocycles. The summed E-state index contributed by atoms with van der Waals surface area (Å²) in [6, 6.07) is 108. The van der Waals surface area contributed by atoms with Crippen molar-refractivity contribution < 1.29 is 0 Å². The number of rotatable bonds is 9. The van der Waals surface area contributed by atoms with Crippen LogP contribution >= 0.6 is 0 Å². The van der Waals surface area contributed by atoms with E-state index < -0.39 is 5.41 Å². The zero-order chi connectivity index (χ0) is 52.0. The first-order valence-electron chi connectivity index (χ1n) is 27.2. The van der Waals surface area contributed by atoms with E-state index in [0.717, 1.165) is 39.3 Å². The largest absolute Gasteiger partial charge is 0.310 e. The van der Waals surface area contributed by atoms with Crippen molar-refractivity contribution in [2.75, 3.05) is 4.90 Å². The Hall–Kier alpha value is -9.76. The van der Waals surface area contributed by atoms with E-state index >= 15 is 0 Å². The molecule has 0 aliphatic heterocycles. The first-order valence-corrected chi connectivity index (χ1v) is 27.2. The van der Waals surface area contributed by atoms with E-state index in [0.29, 0.717) is 0 Å². The molecule has 0 atom stereocenters. The van der Waals surface area contributed by atoms with Gasteiger partial charge < -0.3 is 9.47 Å². The third-order valence-electron chi connectivity index (χ3n) is 17.1. The second-order valence-corrected chi connectivity index (χ2v) is 21.6. The fraction of sp³-hybridized carbons (Fsp3) is 0.0526. The number of nitrogens with zero attached hydrogens (tertiary/aromatic N) is 2. The lowest BCUT2D eigenvalue weighted by Crippen LogP contribution is -2.29. The van der Waals surface area contributed by atoms with Crippen molar-refractivity contribution in [2.24, 2.45) is 0 Å². The number of fused-ring (bicyclic) bond motifs is 9. The van der Waals surface area contributed by atoms with Gasteiger partial charge in [-0.25, -0.2) is 0 Å². The molecule has 0 fully saturated rings. The van der Waals surface area contributed by atoms with Gasteiger partial charge in [0.25, 0.3) is 0 Å². The van der Waals surface area contributed by atoms with Gasteiger partial charge in [0.2, 0.25) is 0 Å². The molecule has 2 heteroatoms. The SMILES string of the molecule is CC1(C)c2ccccc2-c2cc(N(c3cccc(-c4ccccc4)c3)c3ccccc3-c3cccc(-c4ccc5c6ccccc6n(-c6cccc7c6C(c6ccccc6)(c6ccccc6)c6ccccc6-7)c5c4)c3)ccc21. The minimum atomic E-state index is -0.570. The smallest absolute Gasteiger partial charge is 0.0734 e. The topological polar surface area (TPSA) is 8.17 Å². The Morgan fingerprint density at radius 1 is 0.308 bits per heavy atom. The zero-order valence-corrected chi connectivity index (χ0v) is 43.6. The Morgan fingerprint density at radius 2 is 0.833 bits per heavy atom. The van der Waals surface area contributed by atoms with Gasteiger partial charge in [-0.1, -0.05) is 250 Å². The van der Waals surface area contributed by atoms with Crippen molar-refractivity contribution in [3.8, 4) is 61.3 Å². The van der Waals surface area contributed by atoms with Crippen molar-refractivity contribution in [3.05, 3.63) is 325 Å². The van der Waals surface area contributed by atoms with Gasteiger partial charge in [0.1, 0.15) is 0 Å². The number of hydrogen-bond donors (Lipinski definition) is 0. The highest BCUT2D eigenvalue weighted by Gasteiger charge is 2.48. The third kappa shape index (κ3) is 6.89. The Balaban J connectivity index is 0.909. The van der Waals surface area contributed by atoms with Crippen LogP contribution in [0.25, 0.3) is 83.1 Å².